The lowest BCUT2D eigenvalue weighted by Gasteiger charge is -2.27. The van der Waals surface area contributed by atoms with Crippen LogP contribution < -0.4 is 10.2 Å². The zero-order valence-corrected chi connectivity index (χ0v) is 12.6. The molecule has 4 N–H and O–H groups in total. The summed E-state index contributed by atoms with van der Waals surface area (Å²) in [4.78, 5) is 17.4. The third-order valence-corrected chi connectivity index (χ3v) is 3.96. The number of para-hydroxylation sites is 1. The van der Waals surface area contributed by atoms with Crippen molar-refractivity contribution in [3.63, 3.8) is 0 Å². The van der Waals surface area contributed by atoms with E-state index in [2.05, 4.69) is 10.3 Å². The zero-order valence-electron chi connectivity index (χ0n) is 12.6. The molecule has 1 aliphatic rings. The second-order valence-corrected chi connectivity index (χ2v) is 5.44. The minimum Gasteiger partial charge on any atom is -0.508 e. The first kappa shape index (κ1) is 14.1. The number of hydrogen-bond donors (Lipinski definition) is 4. The minimum atomic E-state index is -0.332. The zero-order chi connectivity index (χ0) is 16.7. The molecule has 0 saturated carbocycles. The van der Waals surface area contributed by atoms with Crippen molar-refractivity contribution < 1.29 is 9.90 Å². The SMILES string of the molecule is N=C1c2ccccc2NC(=O)N(c2ccc(O)cc2)c2cc[nH]c21. The Morgan fingerprint density at radius 2 is 1.75 bits per heavy atom. The summed E-state index contributed by atoms with van der Waals surface area (Å²) in [5.41, 5.74) is 3.27. The van der Waals surface area contributed by atoms with E-state index in [0.29, 0.717) is 34.0 Å². The molecule has 0 saturated heterocycles. The second kappa shape index (κ2) is 5.27. The van der Waals surface area contributed by atoms with E-state index in [9.17, 15) is 9.90 Å². The summed E-state index contributed by atoms with van der Waals surface area (Å²) in [6, 6.07) is 15.0. The van der Waals surface area contributed by atoms with Gasteiger partial charge in [-0.1, -0.05) is 18.2 Å². The van der Waals surface area contributed by atoms with Crippen LogP contribution in [0, 0.1) is 5.41 Å². The molecule has 2 heterocycles. The molecule has 2 aromatic carbocycles. The number of benzene rings is 2. The van der Waals surface area contributed by atoms with Gasteiger partial charge in [0.1, 0.15) is 5.75 Å². The van der Waals surface area contributed by atoms with Crippen LogP contribution in [0.4, 0.5) is 21.9 Å². The van der Waals surface area contributed by atoms with Gasteiger partial charge in [-0.2, -0.15) is 0 Å². The van der Waals surface area contributed by atoms with Crippen molar-refractivity contribution in [1.29, 1.82) is 5.41 Å². The highest BCUT2D eigenvalue weighted by Crippen LogP contribution is 2.34. The summed E-state index contributed by atoms with van der Waals surface area (Å²) in [6.07, 6.45) is 1.70. The number of phenolic OH excluding ortho intramolecular Hbond substituents is 1. The highest BCUT2D eigenvalue weighted by Gasteiger charge is 2.28. The Labute approximate surface area is 137 Å². The monoisotopic (exact) mass is 318 g/mol. The van der Waals surface area contributed by atoms with Gasteiger partial charge >= 0.3 is 6.03 Å². The van der Waals surface area contributed by atoms with Crippen molar-refractivity contribution in [3.8, 4) is 5.75 Å². The molecule has 0 atom stereocenters. The van der Waals surface area contributed by atoms with Crippen LogP contribution in [0.2, 0.25) is 0 Å². The van der Waals surface area contributed by atoms with Crippen LogP contribution in [0.15, 0.2) is 60.8 Å². The summed E-state index contributed by atoms with van der Waals surface area (Å²) in [6.45, 7) is 0. The second-order valence-electron chi connectivity index (χ2n) is 5.44. The number of hydrogen-bond acceptors (Lipinski definition) is 3. The molecule has 0 spiro atoms. The number of nitrogens with one attached hydrogen (secondary N) is 3. The number of rotatable bonds is 1. The molecule has 0 aliphatic carbocycles. The third kappa shape index (κ3) is 2.13. The molecule has 6 nitrogen and oxygen atoms in total. The van der Waals surface area contributed by atoms with Gasteiger partial charge in [0, 0.05) is 11.8 Å². The van der Waals surface area contributed by atoms with Crippen molar-refractivity contribution in [1.82, 2.24) is 4.98 Å². The predicted octanol–water partition coefficient (Wildman–Crippen LogP) is 3.82. The molecule has 6 heteroatoms. The molecule has 0 radical (unpaired) electrons. The summed E-state index contributed by atoms with van der Waals surface area (Å²) in [7, 11) is 0. The quantitative estimate of drug-likeness (QED) is 0.549. The van der Waals surface area contributed by atoms with E-state index in [-0.39, 0.29) is 11.8 Å². The molecule has 0 fully saturated rings. The Hall–Kier alpha value is -3.54. The van der Waals surface area contributed by atoms with E-state index >= 15 is 0 Å². The number of phenols is 1. The molecule has 1 aromatic heterocycles. The van der Waals surface area contributed by atoms with E-state index in [1.165, 1.54) is 17.0 Å². The van der Waals surface area contributed by atoms with Gasteiger partial charge in [0.15, 0.2) is 0 Å². The number of urea groups is 1. The van der Waals surface area contributed by atoms with Crippen molar-refractivity contribution in [2.45, 2.75) is 0 Å². The number of aromatic hydroxyl groups is 1. The molecule has 3 aromatic rings. The van der Waals surface area contributed by atoms with Gasteiger partial charge in [-0.05, 0) is 36.4 Å². The highest BCUT2D eigenvalue weighted by molar-refractivity contribution is 6.22. The van der Waals surface area contributed by atoms with Crippen LogP contribution in [-0.2, 0) is 0 Å². The maximum absolute atomic E-state index is 12.9. The fourth-order valence-corrected chi connectivity index (χ4v) is 2.83. The Bertz CT molecular complexity index is 944. The fraction of sp³-hybridized carbons (Fsp3) is 0. The first-order valence-corrected chi connectivity index (χ1v) is 7.41. The van der Waals surface area contributed by atoms with E-state index < -0.39 is 0 Å². The van der Waals surface area contributed by atoms with Gasteiger partial charge in [0.25, 0.3) is 0 Å². The molecule has 2 amide bonds. The van der Waals surface area contributed by atoms with Crippen molar-refractivity contribution in [2.75, 3.05) is 10.2 Å². The lowest BCUT2D eigenvalue weighted by molar-refractivity contribution is 0.259. The number of carbonyl (C=O) groups excluding carboxylic acids is 1. The number of H-pyrrole nitrogens is 1. The van der Waals surface area contributed by atoms with Gasteiger partial charge in [0.05, 0.1) is 28.5 Å². The van der Waals surface area contributed by atoms with E-state index in [1.807, 2.05) is 12.1 Å². The number of nitrogens with zero attached hydrogens (tertiary/aromatic N) is 1. The van der Waals surface area contributed by atoms with Gasteiger partial charge in [-0.15, -0.1) is 0 Å². The van der Waals surface area contributed by atoms with Gasteiger partial charge < -0.3 is 15.4 Å². The summed E-state index contributed by atoms with van der Waals surface area (Å²) >= 11 is 0. The topological polar surface area (TPSA) is 92.2 Å². The standard InChI is InChI=1S/C18H14N4O2/c19-16-13-3-1-2-4-14(13)21-18(24)22(15-9-10-20-17(15)16)11-5-7-12(23)8-6-11/h1-10,19-20,23H,(H,21,24). The summed E-state index contributed by atoms with van der Waals surface area (Å²) < 4.78 is 0. The average molecular weight is 318 g/mol. The number of fused-ring (bicyclic) bond motifs is 2. The predicted molar refractivity (Wildman–Crippen MR) is 92.4 cm³/mol. The van der Waals surface area contributed by atoms with Crippen LogP contribution in [0.5, 0.6) is 5.75 Å². The Balaban J connectivity index is 1.92. The molecule has 0 bridgehead atoms. The first-order chi connectivity index (χ1) is 11.6. The molecule has 0 unspecified atom stereocenters. The number of aromatic amines is 1. The van der Waals surface area contributed by atoms with E-state index in [0.717, 1.165) is 0 Å². The van der Waals surface area contributed by atoms with Crippen LogP contribution in [0.25, 0.3) is 0 Å². The lowest BCUT2D eigenvalue weighted by atomic mass is 10.0. The van der Waals surface area contributed by atoms with Crippen molar-refractivity contribution >= 4 is 28.8 Å². The van der Waals surface area contributed by atoms with Gasteiger partial charge in [-0.25, -0.2) is 4.79 Å². The highest BCUT2D eigenvalue weighted by atomic mass is 16.3. The Morgan fingerprint density at radius 1 is 1.00 bits per heavy atom. The Kier molecular flexibility index (Phi) is 3.09. The van der Waals surface area contributed by atoms with Gasteiger partial charge in [0.2, 0.25) is 0 Å². The summed E-state index contributed by atoms with van der Waals surface area (Å²) in [5.74, 6) is 0.124. The van der Waals surface area contributed by atoms with Crippen molar-refractivity contribution in [3.05, 3.63) is 72.1 Å². The molecule has 24 heavy (non-hydrogen) atoms. The molecule has 118 valence electrons. The smallest absolute Gasteiger partial charge is 0.331 e. The third-order valence-electron chi connectivity index (χ3n) is 3.96. The normalized spacial score (nSPS) is 13.6. The van der Waals surface area contributed by atoms with Crippen LogP contribution in [-0.4, -0.2) is 21.8 Å². The fourth-order valence-electron chi connectivity index (χ4n) is 2.83. The van der Waals surface area contributed by atoms with Crippen LogP contribution >= 0.6 is 0 Å². The molecule has 4 rings (SSSR count). The molecule has 1 aliphatic heterocycles. The first-order valence-electron chi connectivity index (χ1n) is 7.41. The molecular weight excluding hydrogens is 304 g/mol. The number of aromatic nitrogens is 1. The number of carbonyl (C=O) groups is 1. The van der Waals surface area contributed by atoms with Crippen LogP contribution in [0.1, 0.15) is 11.3 Å². The van der Waals surface area contributed by atoms with Crippen molar-refractivity contribution in [2.24, 2.45) is 0 Å². The largest absolute Gasteiger partial charge is 0.508 e. The van der Waals surface area contributed by atoms with Gasteiger partial charge in [-0.3, -0.25) is 10.3 Å². The molecular formula is C18H14N4O2. The van der Waals surface area contributed by atoms with E-state index in [4.69, 9.17) is 5.41 Å². The maximum Gasteiger partial charge on any atom is 0.331 e. The van der Waals surface area contributed by atoms with E-state index in [1.54, 1.807) is 36.5 Å². The number of amides is 2. The average Bonchev–Trinajstić information content (AvgIpc) is 3.05. The maximum atomic E-state index is 12.9. The number of anilines is 3. The lowest BCUT2D eigenvalue weighted by Crippen LogP contribution is -2.34. The minimum absolute atomic E-state index is 0.124. The summed E-state index contributed by atoms with van der Waals surface area (Å²) in [5, 5.41) is 20.9. The Morgan fingerprint density at radius 3 is 2.54 bits per heavy atom. The van der Waals surface area contributed by atoms with Crippen LogP contribution in [0.3, 0.4) is 0 Å².